The highest BCUT2D eigenvalue weighted by Crippen LogP contribution is 2.29. The Hall–Kier alpha value is -2.48. The third kappa shape index (κ3) is 3.80. The topological polar surface area (TPSA) is 74.5 Å². The average molecular weight is 428 g/mol. The summed E-state index contributed by atoms with van der Waals surface area (Å²) in [5.74, 6) is 0.0403. The number of amides is 1. The maximum Gasteiger partial charge on any atom is 0.259 e. The fourth-order valence-electron chi connectivity index (χ4n) is 4.46. The molecule has 8 heteroatoms. The van der Waals surface area contributed by atoms with E-state index in [-0.39, 0.29) is 18.3 Å². The summed E-state index contributed by atoms with van der Waals surface area (Å²) in [6, 6.07) is 12.2. The zero-order valence-corrected chi connectivity index (χ0v) is 17.8. The van der Waals surface area contributed by atoms with Crippen molar-refractivity contribution in [3.63, 3.8) is 0 Å². The third-order valence-corrected chi connectivity index (χ3v) is 6.04. The van der Waals surface area contributed by atoms with E-state index in [2.05, 4.69) is 20.4 Å². The van der Waals surface area contributed by atoms with E-state index in [9.17, 15) is 4.79 Å². The number of hydrogen-bond acceptors (Lipinski definition) is 6. The number of fused-ring (bicyclic) bond motifs is 1. The van der Waals surface area contributed by atoms with E-state index in [1.807, 2.05) is 48.2 Å². The smallest absolute Gasteiger partial charge is 0.259 e. The zero-order valence-electron chi connectivity index (χ0n) is 17.0. The Morgan fingerprint density at radius 1 is 1.17 bits per heavy atom. The molecule has 7 nitrogen and oxygen atoms in total. The van der Waals surface area contributed by atoms with Crippen LogP contribution in [-0.2, 0) is 0 Å². The molecule has 2 aliphatic rings. The highest BCUT2D eigenvalue weighted by atomic mass is 35.5. The van der Waals surface area contributed by atoms with Gasteiger partial charge in [-0.1, -0.05) is 35.5 Å². The summed E-state index contributed by atoms with van der Waals surface area (Å²) < 4.78 is 5.43. The standard InChI is InChI=1S/C22H25N5O2.ClH/c1-15-20-18(13-19(24-21(20)29-25-15)16-5-3-2-4-6-16)22(28)27-10-7-17(14-27)26-11-8-23-9-12-26;/h2-6,13,17,23H,7-12,14H2,1H3;1H. The van der Waals surface area contributed by atoms with Crippen molar-refractivity contribution in [1.29, 1.82) is 0 Å². The lowest BCUT2D eigenvalue weighted by Crippen LogP contribution is -2.49. The number of benzene rings is 1. The van der Waals surface area contributed by atoms with Crippen molar-refractivity contribution < 1.29 is 9.32 Å². The molecule has 158 valence electrons. The molecule has 2 fully saturated rings. The monoisotopic (exact) mass is 427 g/mol. The number of aromatic nitrogens is 2. The van der Waals surface area contributed by atoms with E-state index in [4.69, 9.17) is 4.52 Å². The Bertz CT molecular complexity index is 1030. The van der Waals surface area contributed by atoms with Gasteiger partial charge in [0.1, 0.15) is 0 Å². The normalized spacial score (nSPS) is 19.8. The van der Waals surface area contributed by atoms with Crippen LogP contribution in [0.2, 0.25) is 0 Å². The molecule has 1 N–H and O–H groups in total. The van der Waals surface area contributed by atoms with Crippen LogP contribution in [0.5, 0.6) is 0 Å². The molecule has 3 aromatic rings. The number of aryl methyl sites for hydroxylation is 1. The van der Waals surface area contributed by atoms with Crippen LogP contribution in [-0.4, -0.2) is 71.2 Å². The van der Waals surface area contributed by atoms with Crippen molar-refractivity contribution in [2.45, 2.75) is 19.4 Å². The molecule has 30 heavy (non-hydrogen) atoms. The van der Waals surface area contributed by atoms with E-state index in [1.165, 1.54) is 0 Å². The van der Waals surface area contributed by atoms with Gasteiger partial charge in [-0.3, -0.25) is 9.69 Å². The second kappa shape index (κ2) is 8.71. The first-order valence-corrected chi connectivity index (χ1v) is 10.3. The second-order valence-corrected chi connectivity index (χ2v) is 7.85. The van der Waals surface area contributed by atoms with Crippen LogP contribution in [0.15, 0.2) is 40.9 Å². The fourth-order valence-corrected chi connectivity index (χ4v) is 4.46. The lowest BCUT2D eigenvalue weighted by molar-refractivity contribution is 0.0775. The number of likely N-dealkylation sites (tertiary alicyclic amines) is 1. The molecular formula is C22H26ClN5O2. The predicted octanol–water partition coefficient (Wildman–Crippen LogP) is 2.74. The van der Waals surface area contributed by atoms with Crippen LogP contribution in [0.25, 0.3) is 22.4 Å². The lowest BCUT2D eigenvalue weighted by Gasteiger charge is -2.32. The van der Waals surface area contributed by atoms with Gasteiger partial charge in [-0.2, -0.15) is 0 Å². The molecule has 0 spiro atoms. The predicted molar refractivity (Wildman–Crippen MR) is 118 cm³/mol. The number of carbonyl (C=O) groups is 1. The van der Waals surface area contributed by atoms with E-state index in [0.29, 0.717) is 23.0 Å². The summed E-state index contributed by atoms with van der Waals surface area (Å²) in [5.41, 5.74) is 3.44. The van der Waals surface area contributed by atoms with Crippen LogP contribution in [0.1, 0.15) is 22.5 Å². The molecule has 1 unspecified atom stereocenters. The Labute approximate surface area is 181 Å². The minimum atomic E-state index is 0. The van der Waals surface area contributed by atoms with Crippen LogP contribution in [0, 0.1) is 6.92 Å². The number of pyridine rings is 1. The van der Waals surface area contributed by atoms with Gasteiger partial charge in [-0.25, -0.2) is 4.98 Å². The van der Waals surface area contributed by atoms with Gasteiger partial charge in [-0.05, 0) is 19.4 Å². The third-order valence-electron chi connectivity index (χ3n) is 6.04. The van der Waals surface area contributed by atoms with Gasteiger partial charge in [0, 0.05) is 50.9 Å². The Morgan fingerprint density at radius 3 is 2.70 bits per heavy atom. The van der Waals surface area contributed by atoms with Crippen LogP contribution in [0.4, 0.5) is 0 Å². The Morgan fingerprint density at radius 2 is 1.93 bits per heavy atom. The van der Waals surface area contributed by atoms with Crippen LogP contribution in [0.3, 0.4) is 0 Å². The second-order valence-electron chi connectivity index (χ2n) is 7.85. The van der Waals surface area contributed by atoms with Crippen LogP contribution >= 0.6 is 12.4 Å². The highest BCUT2D eigenvalue weighted by molar-refractivity contribution is 6.07. The number of hydrogen-bond donors (Lipinski definition) is 1. The summed E-state index contributed by atoms with van der Waals surface area (Å²) in [5, 5.41) is 8.18. The summed E-state index contributed by atoms with van der Waals surface area (Å²) in [6.07, 6.45) is 1.02. The number of nitrogens with zero attached hydrogens (tertiary/aromatic N) is 4. The highest BCUT2D eigenvalue weighted by Gasteiger charge is 2.33. The van der Waals surface area contributed by atoms with Gasteiger partial charge >= 0.3 is 0 Å². The van der Waals surface area contributed by atoms with Crippen molar-refractivity contribution in [1.82, 2.24) is 25.3 Å². The molecule has 2 aliphatic heterocycles. The molecule has 2 aromatic heterocycles. The van der Waals surface area contributed by atoms with Gasteiger partial charge in [0.15, 0.2) is 0 Å². The summed E-state index contributed by atoms with van der Waals surface area (Å²) >= 11 is 0. The average Bonchev–Trinajstić information content (AvgIpc) is 3.41. The van der Waals surface area contributed by atoms with Crippen molar-refractivity contribution in [2.24, 2.45) is 0 Å². The molecule has 2 saturated heterocycles. The maximum atomic E-state index is 13.5. The van der Waals surface area contributed by atoms with Crippen LogP contribution < -0.4 is 5.32 Å². The van der Waals surface area contributed by atoms with E-state index < -0.39 is 0 Å². The minimum absolute atomic E-state index is 0. The Balaban J connectivity index is 0.00000218. The van der Waals surface area contributed by atoms with Gasteiger partial charge in [0.2, 0.25) is 0 Å². The van der Waals surface area contributed by atoms with Crippen molar-refractivity contribution >= 4 is 29.4 Å². The van der Waals surface area contributed by atoms with Gasteiger partial charge in [0.05, 0.1) is 22.3 Å². The molecule has 0 bridgehead atoms. The zero-order chi connectivity index (χ0) is 19.8. The number of rotatable bonds is 3. The molecule has 5 rings (SSSR count). The van der Waals surface area contributed by atoms with Gasteiger partial charge in [-0.15, -0.1) is 12.4 Å². The molecule has 0 saturated carbocycles. The minimum Gasteiger partial charge on any atom is -0.337 e. The number of carbonyl (C=O) groups excluding carboxylic acids is 1. The quantitative estimate of drug-likeness (QED) is 0.692. The van der Waals surface area contributed by atoms with Gasteiger partial charge < -0.3 is 14.7 Å². The van der Waals surface area contributed by atoms with Gasteiger partial charge in [0.25, 0.3) is 11.6 Å². The molecule has 0 radical (unpaired) electrons. The first-order valence-electron chi connectivity index (χ1n) is 10.3. The van der Waals surface area contributed by atoms with Crippen molar-refractivity contribution in [2.75, 3.05) is 39.3 Å². The largest absolute Gasteiger partial charge is 0.337 e. The number of halogens is 1. The van der Waals surface area contributed by atoms with E-state index in [1.54, 1.807) is 0 Å². The Kier molecular flexibility index (Phi) is 6.04. The first-order chi connectivity index (χ1) is 14.2. The summed E-state index contributed by atoms with van der Waals surface area (Å²) in [4.78, 5) is 22.6. The lowest BCUT2D eigenvalue weighted by atomic mass is 10.0. The summed E-state index contributed by atoms with van der Waals surface area (Å²) in [7, 11) is 0. The molecular weight excluding hydrogens is 402 g/mol. The van der Waals surface area contributed by atoms with E-state index in [0.717, 1.165) is 62.3 Å². The molecule has 1 aromatic carbocycles. The fraction of sp³-hybridized carbons (Fsp3) is 0.409. The molecule has 4 heterocycles. The molecule has 0 aliphatic carbocycles. The van der Waals surface area contributed by atoms with Crippen molar-refractivity contribution in [3.8, 4) is 11.3 Å². The summed E-state index contributed by atoms with van der Waals surface area (Å²) in [6.45, 7) is 7.56. The SMILES string of the molecule is Cc1noc2nc(-c3ccccc3)cc(C(=O)N3CCC(N4CCNCC4)C3)c12.Cl. The first kappa shape index (κ1) is 20.8. The van der Waals surface area contributed by atoms with E-state index >= 15 is 0 Å². The van der Waals surface area contributed by atoms with Crippen molar-refractivity contribution in [3.05, 3.63) is 47.7 Å². The molecule has 1 amide bonds. The molecule has 1 atom stereocenters. The number of piperazine rings is 1. The maximum absolute atomic E-state index is 13.5. The number of nitrogens with one attached hydrogen (secondary N) is 1.